The van der Waals surface area contributed by atoms with E-state index in [0.29, 0.717) is 6.29 Å². The van der Waals surface area contributed by atoms with Crippen LogP contribution in [0.15, 0.2) is 0 Å². The first-order valence-corrected chi connectivity index (χ1v) is 2.85. The van der Waals surface area contributed by atoms with Crippen LogP contribution in [0.4, 0.5) is 4.79 Å². The summed E-state index contributed by atoms with van der Waals surface area (Å²) >= 11 is 0. The smallest absolute Gasteiger partial charge is 0.407 e. The Hall–Kier alpha value is -1.06. The van der Waals surface area contributed by atoms with Crippen molar-refractivity contribution in [2.24, 2.45) is 0 Å². The molecule has 4 nitrogen and oxygen atoms in total. The molecule has 0 atom stereocenters. The van der Waals surface area contributed by atoms with Crippen LogP contribution in [0, 0.1) is 0 Å². The van der Waals surface area contributed by atoms with E-state index in [1.807, 2.05) is 0 Å². The summed E-state index contributed by atoms with van der Waals surface area (Å²) in [5.41, 5.74) is -0.925. The lowest BCUT2D eigenvalue weighted by Crippen LogP contribution is -2.45. The first-order chi connectivity index (χ1) is 4.41. The Labute approximate surface area is 59.4 Å². The van der Waals surface area contributed by atoms with Gasteiger partial charge in [-0.3, -0.25) is 4.90 Å². The van der Waals surface area contributed by atoms with Gasteiger partial charge in [-0.1, -0.05) is 0 Å². The number of hydrogen-bond acceptors (Lipinski definition) is 2. The Morgan fingerprint density at radius 3 is 2.10 bits per heavy atom. The zero-order valence-electron chi connectivity index (χ0n) is 6.29. The third-order valence-electron chi connectivity index (χ3n) is 1.44. The number of likely N-dealkylation sites (N-methyl/N-ethyl adjacent to an activating group) is 1. The number of amides is 1. The van der Waals surface area contributed by atoms with Gasteiger partial charge in [0.2, 0.25) is 0 Å². The van der Waals surface area contributed by atoms with Crippen LogP contribution in [0.3, 0.4) is 0 Å². The van der Waals surface area contributed by atoms with Crippen LogP contribution in [-0.2, 0) is 4.79 Å². The monoisotopic (exact) mass is 145 g/mol. The van der Waals surface area contributed by atoms with Gasteiger partial charge in [-0.15, -0.1) is 0 Å². The summed E-state index contributed by atoms with van der Waals surface area (Å²) in [5, 5.41) is 8.42. The highest BCUT2D eigenvalue weighted by molar-refractivity contribution is 5.74. The van der Waals surface area contributed by atoms with Gasteiger partial charge in [-0.05, 0) is 13.8 Å². The van der Waals surface area contributed by atoms with Crippen LogP contribution in [0.5, 0.6) is 0 Å². The van der Waals surface area contributed by atoms with Gasteiger partial charge in [0, 0.05) is 7.05 Å². The molecule has 0 rings (SSSR count). The predicted octanol–water partition coefficient (Wildman–Crippen LogP) is 0.574. The first-order valence-electron chi connectivity index (χ1n) is 2.85. The van der Waals surface area contributed by atoms with Gasteiger partial charge in [-0.2, -0.15) is 0 Å². The molecule has 0 aromatic carbocycles. The zero-order chi connectivity index (χ0) is 8.36. The highest BCUT2D eigenvalue weighted by Crippen LogP contribution is 2.07. The Balaban J connectivity index is 4.31. The molecule has 4 heteroatoms. The standard InChI is InChI=1S/C6H11NO3/c1-6(2,4-8)7(3)5(9)10/h4H,1-3H3,(H,9,10). The van der Waals surface area contributed by atoms with Crippen LogP contribution in [-0.4, -0.2) is 35.0 Å². The molecule has 0 heterocycles. The van der Waals surface area contributed by atoms with Crippen LogP contribution in [0.2, 0.25) is 0 Å². The third-order valence-corrected chi connectivity index (χ3v) is 1.44. The van der Waals surface area contributed by atoms with E-state index >= 15 is 0 Å². The lowest BCUT2D eigenvalue weighted by molar-refractivity contribution is -0.115. The van der Waals surface area contributed by atoms with Crippen molar-refractivity contribution in [3.63, 3.8) is 0 Å². The fraction of sp³-hybridized carbons (Fsp3) is 0.667. The largest absolute Gasteiger partial charge is 0.465 e. The molecule has 0 aromatic rings. The fourth-order valence-corrected chi connectivity index (χ4v) is 0.326. The summed E-state index contributed by atoms with van der Waals surface area (Å²) in [5.74, 6) is 0. The maximum atomic E-state index is 10.3. The van der Waals surface area contributed by atoms with E-state index in [9.17, 15) is 9.59 Å². The average molecular weight is 145 g/mol. The van der Waals surface area contributed by atoms with E-state index in [2.05, 4.69) is 0 Å². The molecule has 0 radical (unpaired) electrons. The van der Waals surface area contributed by atoms with Crippen molar-refractivity contribution < 1.29 is 14.7 Å². The molecule has 10 heavy (non-hydrogen) atoms. The normalized spacial score (nSPS) is 10.7. The number of aldehydes is 1. The van der Waals surface area contributed by atoms with E-state index in [1.165, 1.54) is 20.9 Å². The minimum Gasteiger partial charge on any atom is -0.465 e. The van der Waals surface area contributed by atoms with Crippen LogP contribution < -0.4 is 0 Å². The molecule has 0 aliphatic carbocycles. The Morgan fingerprint density at radius 1 is 1.60 bits per heavy atom. The molecule has 0 saturated carbocycles. The van der Waals surface area contributed by atoms with E-state index in [-0.39, 0.29) is 0 Å². The van der Waals surface area contributed by atoms with Gasteiger partial charge in [0.05, 0.1) is 5.54 Å². The topological polar surface area (TPSA) is 57.6 Å². The predicted molar refractivity (Wildman–Crippen MR) is 35.9 cm³/mol. The molecule has 0 aliphatic rings. The van der Waals surface area contributed by atoms with Gasteiger partial charge in [-0.25, -0.2) is 4.79 Å². The Morgan fingerprint density at radius 2 is 2.00 bits per heavy atom. The maximum Gasteiger partial charge on any atom is 0.407 e. The molecule has 0 fully saturated rings. The Bertz CT molecular complexity index is 153. The molecule has 1 amide bonds. The molecule has 58 valence electrons. The molecule has 1 N–H and O–H groups in total. The molecular weight excluding hydrogens is 134 g/mol. The number of carbonyl (C=O) groups excluding carboxylic acids is 1. The molecular formula is C6H11NO3. The van der Waals surface area contributed by atoms with E-state index in [4.69, 9.17) is 5.11 Å². The number of carbonyl (C=O) groups is 2. The quantitative estimate of drug-likeness (QED) is 0.578. The average Bonchev–Trinajstić information content (AvgIpc) is 1.86. The van der Waals surface area contributed by atoms with Gasteiger partial charge in [0.15, 0.2) is 0 Å². The van der Waals surface area contributed by atoms with Gasteiger partial charge in [0.1, 0.15) is 6.29 Å². The van der Waals surface area contributed by atoms with Crippen molar-refractivity contribution >= 4 is 12.4 Å². The highest BCUT2D eigenvalue weighted by atomic mass is 16.4. The summed E-state index contributed by atoms with van der Waals surface area (Å²) in [7, 11) is 1.36. The second-order valence-electron chi connectivity index (χ2n) is 2.61. The number of hydrogen-bond donors (Lipinski definition) is 1. The van der Waals surface area contributed by atoms with E-state index < -0.39 is 11.6 Å². The summed E-state index contributed by atoms with van der Waals surface area (Å²) in [4.78, 5) is 21.5. The van der Waals surface area contributed by atoms with Crippen molar-refractivity contribution in [2.45, 2.75) is 19.4 Å². The van der Waals surface area contributed by atoms with Gasteiger partial charge in [0.25, 0.3) is 0 Å². The van der Waals surface area contributed by atoms with Crippen LogP contribution in [0.25, 0.3) is 0 Å². The van der Waals surface area contributed by atoms with Crippen molar-refractivity contribution in [3.05, 3.63) is 0 Å². The fourth-order valence-electron chi connectivity index (χ4n) is 0.326. The van der Waals surface area contributed by atoms with E-state index in [0.717, 1.165) is 4.90 Å². The SMILES string of the molecule is CN(C(=O)O)C(C)(C)C=O. The Kier molecular flexibility index (Phi) is 2.40. The van der Waals surface area contributed by atoms with Gasteiger partial charge >= 0.3 is 6.09 Å². The van der Waals surface area contributed by atoms with Crippen molar-refractivity contribution in [3.8, 4) is 0 Å². The summed E-state index contributed by atoms with van der Waals surface area (Å²) in [6, 6.07) is 0. The molecule has 0 aliphatic heterocycles. The van der Waals surface area contributed by atoms with Crippen molar-refractivity contribution in [1.29, 1.82) is 0 Å². The lowest BCUT2D eigenvalue weighted by atomic mass is 10.1. The lowest BCUT2D eigenvalue weighted by Gasteiger charge is -2.27. The number of nitrogens with zero attached hydrogens (tertiary/aromatic N) is 1. The summed E-state index contributed by atoms with van der Waals surface area (Å²) in [6.07, 6.45) is -0.502. The zero-order valence-corrected chi connectivity index (χ0v) is 6.29. The molecule has 0 aromatic heterocycles. The second kappa shape index (κ2) is 2.68. The number of carboxylic acid groups (broad SMARTS) is 1. The van der Waals surface area contributed by atoms with Crippen molar-refractivity contribution in [1.82, 2.24) is 4.90 Å². The van der Waals surface area contributed by atoms with E-state index in [1.54, 1.807) is 0 Å². The minimum absolute atomic E-state index is 0.598. The molecule has 0 bridgehead atoms. The first kappa shape index (κ1) is 8.94. The van der Waals surface area contributed by atoms with Gasteiger partial charge < -0.3 is 9.90 Å². The summed E-state index contributed by atoms with van der Waals surface area (Å²) in [6.45, 7) is 3.07. The summed E-state index contributed by atoms with van der Waals surface area (Å²) < 4.78 is 0. The molecule has 0 spiro atoms. The third kappa shape index (κ3) is 1.72. The van der Waals surface area contributed by atoms with Crippen molar-refractivity contribution in [2.75, 3.05) is 7.05 Å². The van der Waals surface area contributed by atoms with Crippen LogP contribution >= 0.6 is 0 Å². The molecule has 0 saturated heterocycles. The molecule has 0 unspecified atom stereocenters. The second-order valence-corrected chi connectivity index (χ2v) is 2.61. The minimum atomic E-state index is -1.10. The number of rotatable bonds is 2. The maximum absolute atomic E-state index is 10.3. The highest BCUT2D eigenvalue weighted by Gasteiger charge is 2.26. The van der Waals surface area contributed by atoms with Crippen LogP contribution in [0.1, 0.15) is 13.8 Å².